The molecular weight excluding hydrogens is 400 g/mol. The van der Waals surface area contributed by atoms with Crippen LogP contribution in [0.4, 0.5) is 0 Å². The molecular formula is C23H28N2O4S. The Balaban J connectivity index is 1.72. The Bertz CT molecular complexity index is 993. The summed E-state index contributed by atoms with van der Waals surface area (Å²) in [5.74, 6) is 0.531. The molecule has 7 heteroatoms. The van der Waals surface area contributed by atoms with E-state index in [0.29, 0.717) is 38.1 Å². The predicted molar refractivity (Wildman–Crippen MR) is 115 cm³/mol. The number of para-hydroxylation sites is 1. The molecule has 0 spiro atoms. The zero-order chi connectivity index (χ0) is 21.1. The molecule has 0 N–H and O–H groups in total. The summed E-state index contributed by atoms with van der Waals surface area (Å²) in [7, 11) is -3.75. The third kappa shape index (κ3) is 4.09. The van der Waals surface area contributed by atoms with Crippen molar-refractivity contribution in [2.24, 2.45) is 0 Å². The largest absolute Gasteiger partial charge is 0.487 e. The number of benzene rings is 2. The van der Waals surface area contributed by atoms with Crippen molar-refractivity contribution in [2.45, 2.75) is 56.2 Å². The number of hydrogen-bond donors (Lipinski definition) is 0. The second-order valence-corrected chi connectivity index (χ2v) is 9.77. The minimum Gasteiger partial charge on any atom is -0.487 e. The molecule has 0 bridgehead atoms. The lowest BCUT2D eigenvalue weighted by Crippen LogP contribution is -2.46. The summed E-state index contributed by atoms with van der Waals surface area (Å²) in [6, 6.07) is 16.2. The van der Waals surface area contributed by atoms with E-state index in [1.807, 2.05) is 42.2 Å². The summed E-state index contributed by atoms with van der Waals surface area (Å²) < 4.78 is 35.2. The van der Waals surface area contributed by atoms with E-state index in [-0.39, 0.29) is 29.5 Å². The molecule has 0 saturated carbocycles. The number of carbonyl (C=O) groups is 1. The molecule has 2 heterocycles. The van der Waals surface area contributed by atoms with Crippen molar-refractivity contribution in [1.29, 1.82) is 0 Å². The molecule has 1 fully saturated rings. The SMILES string of the molecule is CCCC(=O)N1CC[C@@H]2Oc3ccccc3S(=O)(=O)N(Cc3ccccc3)[C@H]2CC1. The molecule has 2 aliphatic heterocycles. The normalized spacial score (nSPS) is 23.4. The monoisotopic (exact) mass is 428 g/mol. The van der Waals surface area contributed by atoms with Crippen LogP contribution in [0.25, 0.3) is 0 Å². The first kappa shape index (κ1) is 20.9. The number of carbonyl (C=O) groups excluding carboxylic acids is 1. The van der Waals surface area contributed by atoms with Gasteiger partial charge < -0.3 is 9.64 Å². The first-order valence-corrected chi connectivity index (χ1v) is 12.0. The van der Waals surface area contributed by atoms with Gasteiger partial charge in [-0.3, -0.25) is 4.79 Å². The Morgan fingerprint density at radius 1 is 1.03 bits per heavy atom. The van der Waals surface area contributed by atoms with Gasteiger partial charge in [-0.2, -0.15) is 4.31 Å². The molecule has 1 amide bonds. The summed E-state index contributed by atoms with van der Waals surface area (Å²) in [5, 5.41) is 0. The van der Waals surface area contributed by atoms with Gasteiger partial charge in [0.15, 0.2) is 0 Å². The molecule has 2 atom stereocenters. The van der Waals surface area contributed by atoms with Crippen molar-refractivity contribution in [3.63, 3.8) is 0 Å². The van der Waals surface area contributed by atoms with Gasteiger partial charge in [-0.1, -0.05) is 49.4 Å². The van der Waals surface area contributed by atoms with Crippen LogP contribution in [0, 0.1) is 0 Å². The van der Waals surface area contributed by atoms with Crippen molar-refractivity contribution in [1.82, 2.24) is 9.21 Å². The van der Waals surface area contributed by atoms with Crippen LogP contribution in [0.5, 0.6) is 5.75 Å². The average Bonchev–Trinajstić information content (AvgIpc) is 2.99. The van der Waals surface area contributed by atoms with Crippen LogP contribution < -0.4 is 4.74 Å². The van der Waals surface area contributed by atoms with E-state index < -0.39 is 10.0 Å². The van der Waals surface area contributed by atoms with Crippen LogP contribution in [0.1, 0.15) is 38.2 Å². The molecule has 30 heavy (non-hydrogen) atoms. The van der Waals surface area contributed by atoms with Gasteiger partial charge in [-0.05, 0) is 30.5 Å². The molecule has 2 aromatic rings. The van der Waals surface area contributed by atoms with E-state index in [0.717, 1.165) is 12.0 Å². The number of fused-ring (bicyclic) bond motifs is 2. The fourth-order valence-corrected chi connectivity index (χ4v) is 6.13. The van der Waals surface area contributed by atoms with E-state index in [2.05, 4.69) is 0 Å². The molecule has 4 rings (SSSR count). The Labute approximate surface area is 178 Å². The van der Waals surface area contributed by atoms with E-state index in [1.165, 1.54) is 0 Å². The van der Waals surface area contributed by atoms with Crippen molar-refractivity contribution in [3.8, 4) is 5.75 Å². The maximum Gasteiger partial charge on any atom is 0.247 e. The van der Waals surface area contributed by atoms with Gasteiger partial charge in [0.1, 0.15) is 16.7 Å². The number of hydrogen-bond acceptors (Lipinski definition) is 4. The maximum atomic E-state index is 13.7. The fourth-order valence-electron chi connectivity index (χ4n) is 4.34. The van der Waals surface area contributed by atoms with Crippen LogP contribution in [0.3, 0.4) is 0 Å². The Morgan fingerprint density at radius 2 is 1.73 bits per heavy atom. The fraction of sp³-hybridized carbons (Fsp3) is 0.435. The lowest BCUT2D eigenvalue weighted by atomic mass is 10.1. The Hall–Kier alpha value is -2.38. The summed E-state index contributed by atoms with van der Waals surface area (Å²) in [4.78, 5) is 14.6. The number of sulfonamides is 1. The predicted octanol–water partition coefficient (Wildman–Crippen LogP) is 3.43. The number of rotatable bonds is 4. The van der Waals surface area contributed by atoms with E-state index in [9.17, 15) is 13.2 Å². The van der Waals surface area contributed by atoms with Gasteiger partial charge in [-0.25, -0.2) is 8.42 Å². The minimum atomic E-state index is -3.75. The number of nitrogens with zero attached hydrogens (tertiary/aromatic N) is 2. The van der Waals surface area contributed by atoms with E-state index >= 15 is 0 Å². The number of likely N-dealkylation sites (tertiary alicyclic amines) is 1. The van der Waals surface area contributed by atoms with Crippen LogP contribution in [0.15, 0.2) is 59.5 Å². The van der Waals surface area contributed by atoms with Crippen molar-refractivity contribution in [3.05, 3.63) is 60.2 Å². The van der Waals surface area contributed by atoms with E-state index in [1.54, 1.807) is 28.6 Å². The molecule has 160 valence electrons. The standard InChI is InChI=1S/C23H28N2O4S/c1-2-8-23(26)24-15-13-19-20(14-16-24)29-21-11-6-7-12-22(21)30(27,28)25(19)17-18-9-4-3-5-10-18/h3-7,9-12,19-20H,2,8,13-17H2,1H3/t19-,20-/m0/s1. The molecule has 2 aliphatic rings. The Morgan fingerprint density at radius 3 is 2.50 bits per heavy atom. The number of amides is 1. The van der Waals surface area contributed by atoms with Gasteiger partial charge in [0, 0.05) is 32.5 Å². The first-order valence-electron chi connectivity index (χ1n) is 10.6. The maximum absolute atomic E-state index is 13.7. The van der Waals surface area contributed by atoms with Crippen molar-refractivity contribution >= 4 is 15.9 Å². The summed E-state index contributed by atoms with van der Waals surface area (Å²) in [6.07, 6.45) is 2.19. The lowest BCUT2D eigenvalue weighted by molar-refractivity contribution is -0.131. The summed E-state index contributed by atoms with van der Waals surface area (Å²) in [5.41, 5.74) is 0.933. The van der Waals surface area contributed by atoms with Gasteiger partial charge in [0.25, 0.3) is 0 Å². The van der Waals surface area contributed by atoms with Gasteiger partial charge in [-0.15, -0.1) is 0 Å². The van der Waals surface area contributed by atoms with Gasteiger partial charge in [0.05, 0.1) is 6.04 Å². The quantitative estimate of drug-likeness (QED) is 0.748. The smallest absolute Gasteiger partial charge is 0.247 e. The van der Waals surface area contributed by atoms with Gasteiger partial charge in [0.2, 0.25) is 15.9 Å². The van der Waals surface area contributed by atoms with Crippen LogP contribution in [0.2, 0.25) is 0 Å². The average molecular weight is 429 g/mol. The highest BCUT2D eigenvalue weighted by Gasteiger charge is 2.43. The third-order valence-corrected chi connectivity index (χ3v) is 7.80. The molecule has 0 aliphatic carbocycles. The minimum absolute atomic E-state index is 0.131. The van der Waals surface area contributed by atoms with Gasteiger partial charge >= 0.3 is 0 Å². The highest BCUT2D eigenvalue weighted by atomic mass is 32.2. The van der Waals surface area contributed by atoms with Crippen molar-refractivity contribution in [2.75, 3.05) is 13.1 Å². The topological polar surface area (TPSA) is 66.9 Å². The second kappa shape index (κ2) is 8.78. The van der Waals surface area contributed by atoms with Crippen LogP contribution in [-0.4, -0.2) is 48.8 Å². The third-order valence-electron chi connectivity index (χ3n) is 5.89. The molecule has 0 unspecified atom stereocenters. The molecule has 0 radical (unpaired) electrons. The molecule has 2 aromatic carbocycles. The van der Waals surface area contributed by atoms with Crippen LogP contribution in [-0.2, 0) is 21.4 Å². The number of ether oxygens (including phenoxy) is 1. The molecule has 1 saturated heterocycles. The Kier molecular flexibility index (Phi) is 6.11. The summed E-state index contributed by atoms with van der Waals surface area (Å²) >= 11 is 0. The molecule has 0 aromatic heterocycles. The molecule has 6 nitrogen and oxygen atoms in total. The highest BCUT2D eigenvalue weighted by molar-refractivity contribution is 7.89. The van der Waals surface area contributed by atoms with Crippen LogP contribution >= 0.6 is 0 Å². The second-order valence-electron chi connectivity index (χ2n) is 7.91. The lowest BCUT2D eigenvalue weighted by Gasteiger charge is -2.31. The zero-order valence-electron chi connectivity index (χ0n) is 17.2. The highest BCUT2D eigenvalue weighted by Crippen LogP contribution is 2.37. The first-order chi connectivity index (χ1) is 14.5. The zero-order valence-corrected chi connectivity index (χ0v) is 18.1. The van der Waals surface area contributed by atoms with E-state index in [4.69, 9.17) is 4.74 Å². The van der Waals surface area contributed by atoms with Crippen molar-refractivity contribution < 1.29 is 17.9 Å². The summed E-state index contributed by atoms with van der Waals surface area (Å²) in [6.45, 7) is 3.40.